The molecular weight excluding hydrogens is 264 g/mol. The first-order chi connectivity index (χ1) is 10.1. The van der Waals surface area contributed by atoms with Crippen LogP contribution in [0.5, 0.6) is 0 Å². The fourth-order valence-corrected chi connectivity index (χ4v) is 3.75. The molecule has 120 valence electrons. The van der Waals surface area contributed by atoms with Crippen LogP contribution in [0.4, 0.5) is 0 Å². The van der Waals surface area contributed by atoms with Crippen molar-refractivity contribution in [3.8, 4) is 0 Å². The topological polar surface area (TPSA) is 34.1 Å². The van der Waals surface area contributed by atoms with Crippen LogP contribution in [0.3, 0.4) is 0 Å². The maximum atomic E-state index is 6.18. The van der Waals surface area contributed by atoms with Gasteiger partial charge in [-0.25, -0.2) is 0 Å². The maximum absolute atomic E-state index is 6.18. The lowest BCUT2D eigenvalue weighted by molar-refractivity contribution is -0.0178. The average molecular weight is 294 g/mol. The third-order valence-corrected chi connectivity index (χ3v) is 5.30. The smallest absolute Gasteiger partial charge is 0.229 e. The molecular formula is C17H30N2O2. The van der Waals surface area contributed by atoms with Crippen molar-refractivity contribution in [1.29, 1.82) is 0 Å². The molecule has 0 amide bonds. The van der Waals surface area contributed by atoms with Gasteiger partial charge in [-0.05, 0) is 57.0 Å². The molecule has 0 N–H and O–H groups in total. The van der Waals surface area contributed by atoms with Gasteiger partial charge in [-0.2, -0.15) is 0 Å². The average Bonchev–Trinajstić information content (AvgIpc) is 2.48. The molecule has 1 atom stereocenters. The van der Waals surface area contributed by atoms with Crippen LogP contribution in [0.25, 0.3) is 0 Å². The molecule has 1 unspecified atom stereocenters. The summed E-state index contributed by atoms with van der Waals surface area (Å²) in [5.74, 6) is 1.35. The molecule has 0 aromatic carbocycles. The molecule has 2 fully saturated rings. The van der Waals surface area contributed by atoms with Gasteiger partial charge in [0.2, 0.25) is 5.90 Å². The number of piperidine rings is 1. The third kappa shape index (κ3) is 4.12. The summed E-state index contributed by atoms with van der Waals surface area (Å²) in [4.78, 5) is 8.00. The number of oxime groups is 1. The van der Waals surface area contributed by atoms with Gasteiger partial charge in [-0.1, -0.05) is 25.4 Å². The van der Waals surface area contributed by atoms with Crippen molar-refractivity contribution in [2.45, 2.75) is 64.9 Å². The Bertz CT molecular complexity index is 365. The van der Waals surface area contributed by atoms with E-state index >= 15 is 0 Å². The predicted octanol–water partition coefficient (Wildman–Crippen LogP) is 3.42. The Kier molecular flexibility index (Phi) is 4.72. The van der Waals surface area contributed by atoms with Crippen molar-refractivity contribution in [3.63, 3.8) is 0 Å². The monoisotopic (exact) mass is 294 g/mol. The fraction of sp³-hybridized carbons (Fsp3) is 0.941. The summed E-state index contributed by atoms with van der Waals surface area (Å²) in [5, 5.41) is 4.22. The van der Waals surface area contributed by atoms with Crippen LogP contribution >= 0.6 is 0 Å². The van der Waals surface area contributed by atoms with E-state index in [0.29, 0.717) is 17.9 Å². The zero-order valence-electron chi connectivity index (χ0n) is 13.6. The van der Waals surface area contributed by atoms with Gasteiger partial charge in [0.25, 0.3) is 0 Å². The number of hydrogen-bond acceptors (Lipinski definition) is 4. The molecule has 4 nitrogen and oxygen atoms in total. The minimum Gasteiger partial charge on any atom is -0.470 e. The number of likely N-dealkylation sites (tertiary alicyclic amines) is 1. The van der Waals surface area contributed by atoms with Crippen molar-refractivity contribution >= 4 is 5.90 Å². The van der Waals surface area contributed by atoms with E-state index in [4.69, 9.17) is 9.57 Å². The van der Waals surface area contributed by atoms with Crippen molar-refractivity contribution in [3.05, 3.63) is 0 Å². The molecule has 4 heteroatoms. The molecule has 0 bridgehead atoms. The summed E-state index contributed by atoms with van der Waals surface area (Å²) in [5.41, 5.74) is 0.486. The standard InChI is InChI=1S/C17H30N2O2/c1-17(2)8-6-14(7-9-17)16-18-20-13-15(21-16)12-19-10-4-3-5-11-19/h14-15H,3-13H2,1-2H3. The van der Waals surface area contributed by atoms with Crippen molar-refractivity contribution in [2.24, 2.45) is 16.5 Å². The zero-order chi connectivity index (χ0) is 14.7. The van der Waals surface area contributed by atoms with Crippen LogP contribution in [0, 0.1) is 11.3 Å². The summed E-state index contributed by atoms with van der Waals surface area (Å²) in [6.45, 7) is 8.76. The molecule has 3 aliphatic rings. The normalized spacial score (nSPS) is 31.1. The molecule has 0 aromatic rings. The second-order valence-electron chi connectivity index (χ2n) is 7.76. The first-order valence-corrected chi connectivity index (χ1v) is 8.71. The van der Waals surface area contributed by atoms with E-state index in [1.54, 1.807) is 0 Å². The van der Waals surface area contributed by atoms with Crippen LogP contribution in [0.1, 0.15) is 58.8 Å². The highest BCUT2D eigenvalue weighted by atomic mass is 16.7. The van der Waals surface area contributed by atoms with Crippen LogP contribution in [-0.4, -0.2) is 43.1 Å². The van der Waals surface area contributed by atoms with Gasteiger partial charge >= 0.3 is 0 Å². The molecule has 1 aliphatic carbocycles. The lowest BCUT2D eigenvalue weighted by atomic mass is 9.73. The summed E-state index contributed by atoms with van der Waals surface area (Å²) < 4.78 is 6.18. The zero-order valence-corrected chi connectivity index (χ0v) is 13.6. The largest absolute Gasteiger partial charge is 0.470 e. The number of nitrogens with zero attached hydrogens (tertiary/aromatic N) is 2. The van der Waals surface area contributed by atoms with E-state index in [1.807, 2.05) is 0 Å². The fourth-order valence-electron chi connectivity index (χ4n) is 3.75. The van der Waals surface area contributed by atoms with E-state index in [2.05, 4.69) is 23.9 Å². The summed E-state index contributed by atoms with van der Waals surface area (Å²) >= 11 is 0. The molecule has 1 saturated heterocycles. The SMILES string of the molecule is CC1(C)CCC(C2=NOCC(CN3CCCCC3)O2)CC1. The molecule has 2 heterocycles. The molecule has 0 radical (unpaired) electrons. The van der Waals surface area contributed by atoms with Crippen LogP contribution in [-0.2, 0) is 9.57 Å². The highest BCUT2D eigenvalue weighted by Crippen LogP contribution is 2.39. The van der Waals surface area contributed by atoms with Crippen LogP contribution < -0.4 is 0 Å². The summed E-state index contributed by atoms with van der Waals surface area (Å²) in [6.07, 6.45) is 9.09. The van der Waals surface area contributed by atoms with Gasteiger partial charge in [-0.3, -0.25) is 4.90 Å². The lowest BCUT2D eigenvalue weighted by Crippen LogP contribution is -2.43. The number of rotatable bonds is 3. The molecule has 0 aromatic heterocycles. The highest BCUT2D eigenvalue weighted by molar-refractivity contribution is 5.78. The molecule has 0 spiro atoms. The Labute approximate surface area is 128 Å². The Morgan fingerprint density at radius 1 is 1.14 bits per heavy atom. The first-order valence-electron chi connectivity index (χ1n) is 8.71. The Hall–Kier alpha value is -0.770. The van der Waals surface area contributed by atoms with Crippen LogP contribution in [0.2, 0.25) is 0 Å². The van der Waals surface area contributed by atoms with Crippen molar-refractivity contribution in [2.75, 3.05) is 26.2 Å². The highest BCUT2D eigenvalue weighted by Gasteiger charge is 2.33. The van der Waals surface area contributed by atoms with Gasteiger partial charge in [0.1, 0.15) is 6.10 Å². The van der Waals surface area contributed by atoms with Gasteiger partial charge in [0.15, 0.2) is 6.61 Å². The van der Waals surface area contributed by atoms with E-state index in [9.17, 15) is 0 Å². The van der Waals surface area contributed by atoms with E-state index < -0.39 is 0 Å². The minimum absolute atomic E-state index is 0.172. The van der Waals surface area contributed by atoms with Gasteiger partial charge in [0.05, 0.1) is 0 Å². The van der Waals surface area contributed by atoms with Gasteiger partial charge in [0, 0.05) is 12.5 Å². The lowest BCUT2D eigenvalue weighted by Gasteiger charge is -2.37. The van der Waals surface area contributed by atoms with E-state index in [1.165, 1.54) is 58.0 Å². The Morgan fingerprint density at radius 3 is 2.57 bits per heavy atom. The quantitative estimate of drug-likeness (QED) is 0.800. The number of ether oxygens (including phenoxy) is 1. The van der Waals surface area contributed by atoms with E-state index in [-0.39, 0.29) is 6.10 Å². The third-order valence-electron chi connectivity index (χ3n) is 5.30. The second kappa shape index (κ2) is 6.55. The Balaban J connectivity index is 1.50. The molecule has 21 heavy (non-hydrogen) atoms. The van der Waals surface area contributed by atoms with Gasteiger partial charge in [-0.15, -0.1) is 0 Å². The minimum atomic E-state index is 0.172. The summed E-state index contributed by atoms with van der Waals surface area (Å²) in [6, 6.07) is 0. The molecule has 2 aliphatic heterocycles. The summed E-state index contributed by atoms with van der Waals surface area (Å²) in [7, 11) is 0. The Morgan fingerprint density at radius 2 is 1.86 bits per heavy atom. The number of hydrogen-bond donors (Lipinski definition) is 0. The first kappa shape index (κ1) is 15.1. The molecule has 1 saturated carbocycles. The van der Waals surface area contributed by atoms with Crippen molar-refractivity contribution < 1.29 is 9.57 Å². The predicted molar refractivity (Wildman–Crippen MR) is 84.3 cm³/mol. The van der Waals surface area contributed by atoms with Crippen LogP contribution in [0.15, 0.2) is 5.16 Å². The molecule has 3 rings (SSSR count). The second-order valence-corrected chi connectivity index (χ2v) is 7.76. The van der Waals surface area contributed by atoms with E-state index in [0.717, 1.165) is 12.4 Å². The van der Waals surface area contributed by atoms with Crippen molar-refractivity contribution in [1.82, 2.24) is 4.90 Å². The van der Waals surface area contributed by atoms with Gasteiger partial charge < -0.3 is 9.57 Å². The maximum Gasteiger partial charge on any atom is 0.229 e.